The van der Waals surface area contributed by atoms with Crippen molar-refractivity contribution in [1.82, 2.24) is 10.8 Å². The lowest BCUT2D eigenvalue weighted by atomic mass is 10.2. The Kier molecular flexibility index (Phi) is 11.1. The van der Waals surface area contributed by atoms with Gasteiger partial charge in [-0.05, 0) is 61.4 Å². The Balaban J connectivity index is 1.76. The summed E-state index contributed by atoms with van der Waals surface area (Å²) in [6, 6.07) is 13.7. The molecular weight excluding hydrogens is 406 g/mol. The van der Waals surface area contributed by atoms with E-state index in [0.29, 0.717) is 35.8 Å². The van der Waals surface area contributed by atoms with Crippen molar-refractivity contribution >= 4 is 17.5 Å². The van der Waals surface area contributed by atoms with Gasteiger partial charge in [0, 0.05) is 24.3 Å². The van der Waals surface area contributed by atoms with Gasteiger partial charge in [-0.3, -0.25) is 9.59 Å². The largest absolute Gasteiger partial charge is 0.484 e. The Morgan fingerprint density at radius 1 is 0.812 bits per heavy atom. The smallest absolute Gasteiger partial charge is 0.258 e. The van der Waals surface area contributed by atoms with Gasteiger partial charge in [0.15, 0.2) is 6.61 Å². The quantitative estimate of drug-likeness (QED) is 0.248. The van der Waals surface area contributed by atoms with Crippen LogP contribution in [0.5, 0.6) is 11.5 Å². The van der Waals surface area contributed by atoms with Gasteiger partial charge in [0.1, 0.15) is 11.5 Å². The lowest BCUT2D eigenvalue weighted by Gasteiger charge is -2.09. The van der Waals surface area contributed by atoms with Crippen LogP contribution in [0.2, 0.25) is 0 Å². The van der Waals surface area contributed by atoms with Crippen LogP contribution in [0.15, 0.2) is 72.8 Å². The van der Waals surface area contributed by atoms with Crippen molar-refractivity contribution in [3.05, 3.63) is 78.4 Å². The summed E-state index contributed by atoms with van der Waals surface area (Å²) >= 11 is 0. The molecule has 170 valence electrons. The molecule has 7 heteroatoms. The maximum Gasteiger partial charge on any atom is 0.258 e. The van der Waals surface area contributed by atoms with E-state index in [0.717, 1.165) is 12.8 Å². The van der Waals surface area contributed by atoms with Crippen molar-refractivity contribution in [1.29, 1.82) is 0 Å². The Bertz CT molecular complexity index is 890. The molecule has 0 spiro atoms. The first kappa shape index (κ1) is 24.7. The molecule has 2 aromatic carbocycles. The van der Waals surface area contributed by atoms with Gasteiger partial charge >= 0.3 is 0 Å². The zero-order valence-corrected chi connectivity index (χ0v) is 18.6. The molecule has 0 heterocycles. The molecule has 0 bridgehead atoms. The van der Waals surface area contributed by atoms with Crippen molar-refractivity contribution in [2.75, 3.05) is 25.0 Å². The Labute approximate surface area is 189 Å². The minimum atomic E-state index is -0.233. The van der Waals surface area contributed by atoms with E-state index >= 15 is 0 Å². The average molecular weight is 438 g/mol. The Morgan fingerprint density at radius 2 is 1.44 bits per heavy atom. The minimum absolute atomic E-state index is 0.0656. The highest BCUT2D eigenvalue weighted by Crippen LogP contribution is 2.17. The van der Waals surface area contributed by atoms with Crippen LogP contribution < -0.4 is 25.7 Å². The first-order chi connectivity index (χ1) is 15.6. The molecule has 7 nitrogen and oxygen atoms in total. The van der Waals surface area contributed by atoms with Crippen LogP contribution in [-0.2, 0) is 4.79 Å². The number of rotatable bonds is 13. The molecular formula is C25H31N3O4. The van der Waals surface area contributed by atoms with Crippen molar-refractivity contribution in [2.45, 2.75) is 26.7 Å². The second-order valence-corrected chi connectivity index (χ2v) is 6.81. The lowest BCUT2D eigenvalue weighted by molar-refractivity contribution is -0.122. The summed E-state index contributed by atoms with van der Waals surface area (Å²) in [5, 5.41) is 5.57. The van der Waals surface area contributed by atoms with Gasteiger partial charge in [-0.15, -0.1) is 0 Å². The van der Waals surface area contributed by atoms with Gasteiger partial charge in [0.25, 0.3) is 11.8 Å². The number of benzene rings is 2. The maximum atomic E-state index is 12.4. The highest BCUT2D eigenvalue weighted by Gasteiger charge is 2.07. The molecule has 0 aliphatic carbocycles. The number of amides is 2. The van der Waals surface area contributed by atoms with Gasteiger partial charge in [0.05, 0.1) is 0 Å². The van der Waals surface area contributed by atoms with E-state index in [2.05, 4.69) is 23.0 Å². The number of ether oxygens (including phenoxy) is 1. The van der Waals surface area contributed by atoms with E-state index in [4.69, 9.17) is 9.57 Å². The monoisotopic (exact) mass is 437 g/mol. The van der Waals surface area contributed by atoms with Crippen molar-refractivity contribution in [3.63, 3.8) is 0 Å². The average Bonchev–Trinajstić information content (AvgIpc) is 2.81. The topological polar surface area (TPSA) is 88.7 Å². The van der Waals surface area contributed by atoms with E-state index in [9.17, 15) is 9.59 Å². The van der Waals surface area contributed by atoms with Gasteiger partial charge in [-0.25, -0.2) is 0 Å². The molecule has 0 atom stereocenters. The highest BCUT2D eigenvalue weighted by atomic mass is 16.6. The summed E-state index contributed by atoms with van der Waals surface area (Å²) < 4.78 is 5.46. The van der Waals surface area contributed by atoms with E-state index < -0.39 is 0 Å². The van der Waals surface area contributed by atoms with Crippen LogP contribution in [0.1, 0.15) is 37.0 Å². The number of hydrogen-bond donors (Lipinski definition) is 3. The first-order valence-corrected chi connectivity index (χ1v) is 10.7. The summed E-state index contributed by atoms with van der Waals surface area (Å²) in [4.78, 5) is 29.6. The predicted molar refractivity (Wildman–Crippen MR) is 127 cm³/mol. The molecule has 0 fully saturated rings. The van der Waals surface area contributed by atoms with Gasteiger partial charge in [-0.1, -0.05) is 38.2 Å². The van der Waals surface area contributed by atoms with E-state index in [-0.39, 0.29) is 18.4 Å². The lowest BCUT2D eigenvalue weighted by Crippen LogP contribution is -2.28. The van der Waals surface area contributed by atoms with E-state index in [1.807, 2.05) is 31.2 Å². The molecule has 2 amide bonds. The highest BCUT2D eigenvalue weighted by molar-refractivity contribution is 6.04. The van der Waals surface area contributed by atoms with E-state index in [1.54, 1.807) is 48.5 Å². The number of carbonyl (C=O) groups is 2. The molecule has 2 rings (SSSR count). The number of allylic oxidation sites excluding steroid dienone is 2. The fourth-order valence-corrected chi connectivity index (χ4v) is 2.56. The van der Waals surface area contributed by atoms with Gasteiger partial charge in [0.2, 0.25) is 0 Å². The summed E-state index contributed by atoms with van der Waals surface area (Å²) in [7, 11) is 0. The predicted octanol–water partition coefficient (Wildman–Crippen LogP) is 4.25. The van der Waals surface area contributed by atoms with Crippen LogP contribution in [-0.4, -0.2) is 31.5 Å². The molecule has 0 aliphatic rings. The van der Waals surface area contributed by atoms with Crippen LogP contribution in [0.3, 0.4) is 0 Å². The number of hydroxylamine groups is 1. The third-order valence-corrected chi connectivity index (χ3v) is 4.21. The molecule has 0 saturated carbocycles. The summed E-state index contributed by atoms with van der Waals surface area (Å²) in [6.07, 6.45) is 9.84. The van der Waals surface area contributed by atoms with Crippen LogP contribution in [0.25, 0.3) is 0 Å². The van der Waals surface area contributed by atoms with Crippen LogP contribution >= 0.6 is 0 Å². The fourth-order valence-electron chi connectivity index (χ4n) is 2.56. The summed E-state index contributed by atoms with van der Waals surface area (Å²) in [5.41, 5.74) is 3.97. The van der Waals surface area contributed by atoms with E-state index in [1.165, 1.54) is 0 Å². The standard InChI is InChI=1S/C25H31N3O4/c1-3-5-7-17-26-24(29)19-31-22-15-11-21(12-16-22)28-25(30)20-9-13-23(14-10-20)32-27-18-8-6-4-2/h5-16,27H,3-4,17-19H2,1-2H3,(H,26,29)(H,28,30)/b7-5-,8-6-. The Morgan fingerprint density at radius 3 is 2.09 bits per heavy atom. The molecule has 0 aliphatic heterocycles. The number of anilines is 1. The first-order valence-electron chi connectivity index (χ1n) is 10.7. The number of carbonyl (C=O) groups excluding carboxylic acids is 2. The molecule has 0 unspecified atom stereocenters. The number of nitrogens with one attached hydrogen (secondary N) is 3. The molecule has 32 heavy (non-hydrogen) atoms. The minimum Gasteiger partial charge on any atom is -0.484 e. The van der Waals surface area contributed by atoms with Crippen molar-refractivity contribution < 1.29 is 19.2 Å². The second-order valence-electron chi connectivity index (χ2n) is 6.81. The normalized spacial score (nSPS) is 10.9. The second kappa shape index (κ2) is 14.4. The zero-order valence-electron chi connectivity index (χ0n) is 18.6. The van der Waals surface area contributed by atoms with Crippen molar-refractivity contribution in [3.8, 4) is 11.5 Å². The number of hydrogen-bond acceptors (Lipinski definition) is 5. The fraction of sp³-hybridized carbons (Fsp3) is 0.280. The summed E-state index contributed by atoms with van der Waals surface area (Å²) in [5.74, 6) is 0.746. The van der Waals surface area contributed by atoms with Gasteiger partial charge in [-0.2, -0.15) is 5.48 Å². The molecule has 0 radical (unpaired) electrons. The third kappa shape index (κ3) is 9.49. The summed E-state index contributed by atoms with van der Waals surface area (Å²) in [6.45, 7) is 5.13. The van der Waals surface area contributed by atoms with Gasteiger partial charge < -0.3 is 20.2 Å². The SMILES string of the molecule is CC/C=C\CNOc1ccc(C(=O)Nc2ccc(OCC(=O)NC/C=C\CC)cc2)cc1. The zero-order chi connectivity index (χ0) is 23.0. The van der Waals surface area contributed by atoms with Crippen molar-refractivity contribution in [2.24, 2.45) is 0 Å². The maximum absolute atomic E-state index is 12.4. The van der Waals surface area contributed by atoms with Crippen LogP contribution in [0.4, 0.5) is 5.69 Å². The Hall–Kier alpha value is -3.58. The third-order valence-electron chi connectivity index (χ3n) is 4.21. The molecule has 0 saturated heterocycles. The van der Waals surface area contributed by atoms with Crippen LogP contribution in [0, 0.1) is 0 Å². The molecule has 3 N–H and O–H groups in total. The molecule has 2 aromatic rings. The molecule has 0 aromatic heterocycles.